The van der Waals surface area contributed by atoms with E-state index in [9.17, 15) is 14.4 Å². The molecule has 29 heavy (non-hydrogen) atoms. The Hall–Kier alpha value is -2.87. The van der Waals surface area contributed by atoms with E-state index in [1.165, 1.54) is 24.8 Å². The average molecular weight is 416 g/mol. The Kier molecular flexibility index (Phi) is 7.24. The van der Waals surface area contributed by atoms with E-state index < -0.39 is 5.97 Å². The Balaban J connectivity index is 1.57. The lowest BCUT2D eigenvalue weighted by Gasteiger charge is -2.24. The highest BCUT2D eigenvalue weighted by Crippen LogP contribution is 2.37. The van der Waals surface area contributed by atoms with Crippen LogP contribution in [0.2, 0.25) is 0 Å². The lowest BCUT2D eigenvalue weighted by Crippen LogP contribution is -2.35. The minimum Gasteiger partial charge on any atom is -0.468 e. The van der Waals surface area contributed by atoms with Crippen LogP contribution < -0.4 is 16.0 Å². The lowest BCUT2D eigenvalue weighted by molar-refractivity contribution is -0.139. The molecule has 3 amide bonds. The highest BCUT2D eigenvalue weighted by atomic mass is 32.1. The van der Waals surface area contributed by atoms with Crippen LogP contribution >= 0.6 is 11.3 Å². The number of amides is 3. The third-order valence-electron chi connectivity index (χ3n) is 5.03. The number of carbonyl (C=O) groups excluding carboxylic acids is 3. The molecule has 1 aromatic heterocycles. The standard InChI is InChI=1S/C21H25N3O4S/c1-28-18(25)13-22-20(26)15-8-10-16(11-9-15)23-21(27)24-19(14-5-2-3-6-14)17-7-4-12-29-17/h4,7-12,14,19H,2-3,5-6,13H2,1H3,(H,22,26)(H2,23,24,27). The minimum absolute atomic E-state index is 0.0147. The van der Waals surface area contributed by atoms with Crippen LogP contribution in [0.4, 0.5) is 10.5 Å². The van der Waals surface area contributed by atoms with Crippen molar-refractivity contribution in [1.82, 2.24) is 10.6 Å². The normalized spacial score (nSPS) is 14.8. The fourth-order valence-corrected chi connectivity index (χ4v) is 4.39. The van der Waals surface area contributed by atoms with Crippen LogP contribution in [-0.2, 0) is 9.53 Å². The van der Waals surface area contributed by atoms with Crippen molar-refractivity contribution in [1.29, 1.82) is 0 Å². The third-order valence-corrected chi connectivity index (χ3v) is 5.99. The molecule has 1 saturated carbocycles. The first kappa shape index (κ1) is 20.9. The second-order valence-electron chi connectivity index (χ2n) is 6.97. The highest BCUT2D eigenvalue weighted by molar-refractivity contribution is 7.10. The summed E-state index contributed by atoms with van der Waals surface area (Å²) in [4.78, 5) is 36.8. The molecule has 1 unspecified atom stereocenters. The fourth-order valence-electron chi connectivity index (χ4n) is 3.52. The van der Waals surface area contributed by atoms with E-state index in [-0.39, 0.29) is 24.5 Å². The smallest absolute Gasteiger partial charge is 0.325 e. The molecular formula is C21H25N3O4S. The first-order valence-corrected chi connectivity index (χ1v) is 10.5. The van der Waals surface area contributed by atoms with E-state index >= 15 is 0 Å². The van der Waals surface area contributed by atoms with Crippen molar-refractivity contribution in [2.24, 2.45) is 5.92 Å². The summed E-state index contributed by atoms with van der Waals surface area (Å²) < 4.78 is 4.49. The van der Waals surface area contributed by atoms with Gasteiger partial charge in [0, 0.05) is 16.1 Å². The maximum atomic E-state index is 12.6. The number of hydrogen-bond acceptors (Lipinski definition) is 5. The van der Waals surface area contributed by atoms with Crippen molar-refractivity contribution in [2.45, 2.75) is 31.7 Å². The van der Waals surface area contributed by atoms with Gasteiger partial charge in [0.05, 0.1) is 13.2 Å². The fraction of sp³-hybridized carbons (Fsp3) is 0.381. The number of thiophene rings is 1. The van der Waals surface area contributed by atoms with Crippen molar-refractivity contribution in [2.75, 3.05) is 19.0 Å². The maximum absolute atomic E-state index is 12.6. The van der Waals surface area contributed by atoms with E-state index in [1.54, 1.807) is 35.6 Å². The van der Waals surface area contributed by atoms with Crippen LogP contribution in [0.3, 0.4) is 0 Å². The highest BCUT2D eigenvalue weighted by Gasteiger charge is 2.28. The summed E-state index contributed by atoms with van der Waals surface area (Å²) in [5.41, 5.74) is 0.977. The van der Waals surface area contributed by atoms with Crippen LogP contribution in [-0.4, -0.2) is 31.6 Å². The maximum Gasteiger partial charge on any atom is 0.325 e. The molecule has 3 rings (SSSR count). The Labute approximate surface area is 173 Å². The molecule has 1 heterocycles. The van der Waals surface area contributed by atoms with Gasteiger partial charge in [0.1, 0.15) is 6.54 Å². The molecule has 0 bridgehead atoms. The van der Waals surface area contributed by atoms with Crippen LogP contribution in [0, 0.1) is 5.92 Å². The molecule has 8 heteroatoms. The number of anilines is 1. The summed E-state index contributed by atoms with van der Waals surface area (Å²) in [6.45, 7) is -0.191. The van der Waals surface area contributed by atoms with E-state index in [1.807, 2.05) is 11.4 Å². The molecule has 2 aromatic rings. The minimum atomic E-state index is -0.518. The van der Waals surface area contributed by atoms with Gasteiger partial charge in [-0.1, -0.05) is 18.9 Å². The Morgan fingerprint density at radius 3 is 2.48 bits per heavy atom. The monoisotopic (exact) mass is 415 g/mol. The second kappa shape index (κ2) is 10.1. The molecule has 1 aromatic carbocycles. The zero-order valence-corrected chi connectivity index (χ0v) is 17.1. The number of hydrogen-bond donors (Lipinski definition) is 3. The second-order valence-corrected chi connectivity index (χ2v) is 7.95. The number of benzene rings is 1. The lowest BCUT2D eigenvalue weighted by atomic mass is 9.97. The van der Waals surface area contributed by atoms with Gasteiger partial charge in [-0.05, 0) is 54.5 Å². The van der Waals surface area contributed by atoms with E-state index in [4.69, 9.17) is 0 Å². The molecule has 3 N–H and O–H groups in total. The first-order chi connectivity index (χ1) is 14.1. The van der Waals surface area contributed by atoms with Gasteiger partial charge in [0.25, 0.3) is 5.91 Å². The van der Waals surface area contributed by atoms with Crippen LogP contribution in [0.25, 0.3) is 0 Å². The molecule has 1 fully saturated rings. The van der Waals surface area contributed by atoms with Crippen LogP contribution in [0.1, 0.15) is 47.0 Å². The van der Waals surface area contributed by atoms with Gasteiger partial charge >= 0.3 is 12.0 Å². The van der Waals surface area contributed by atoms with Gasteiger partial charge in [-0.2, -0.15) is 0 Å². The zero-order chi connectivity index (χ0) is 20.6. The number of urea groups is 1. The van der Waals surface area contributed by atoms with Crippen LogP contribution in [0.15, 0.2) is 41.8 Å². The first-order valence-electron chi connectivity index (χ1n) is 9.63. The topological polar surface area (TPSA) is 96.5 Å². The average Bonchev–Trinajstić information content (AvgIpc) is 3.45. The quantitative estimate of drug-likeness (QED) is 0.601. The molecule has 0 spiro atoms. The molecule has 0 aliphatic heterocycles. The van der Waals surface area contributed by atoms with Gasteiger partial charge in [0.2, 0.25) is 0 Å². The Bertz CT molecular complexity index is 830. The molecule has 1 atom stereocenters. The number of methoxy groups -OCH3 is 1. The van der Waals surface area contributed by atoms with Crippen molar-refractivity contribution >= 4 is 34.9 Å². The van der Waals surface area contributed by atoms with Crippen molar-refractivity contribution in [3.8, 4) is 0 Å². The van der Waals surface area contributed by atoms with Crippen molar-refractivity contribution in [3.05, 3.63) is 52.2 Å². The molecule has 1 aliphatic rings. The van der Waals surface area contributed by atoms with Gasteiger partial charge in [-0.15, -0.1) is 11.3 Å². The number of nitrogens with one attached hydrogen (secondary N) is 3. The number of esters is 1. The third kappa shape index (κ3) is 5.80. The number of carbonyl (C=O) groups is 3. The summed E-state index contributed by atoms with van der Waals surface area (Å²) in [6, 6.07) is 10.3. The van der Waals surface area contributed by atoms with E-state index in [0.29, 0.717) is 17.2 Å². The predicted molar refractivity (Wildman–Crippen MR) is 112 cm³/mol. The van der Waals surface area contributed by atoms with Crippen LogP contribution in [0.5, 0.6) is 0 Å². The molecule has 1 aliphatic carbocycles. The summed E-state index contributed by atoms with van der Waals surface area (Å²) in [6.07, 6.45) is 4.65. The zero-order valence-electron chi connectivity index (χ0n) is 16.3. The largest absolute Gasteiger partial charge is 0.468 e. The summed E-state index contributed by atoms with van der Waals surface area (Å²) in [7, 11) is 1.26. The van der Waals surface area contributed by atoms with Gasteiger partial charge < -0.3 is 20.7 Å². The molecule has 0 radical (unpaired) electrons. The molecule has 154 valence electrons. The van der Waals surface area contributed by atoms with Gasteiger partial charge in [-0.25, -0.2) is 4.79 Å². The number of ether oxygens (including phenoxy) is 1. The summed E-state index contributed by atoms with van der Waals surface area (Å²) in [5.74, 6) is -0.443. The summed E-state index contributed by atoms with van der Waals surface area (Å²) >= 11 is 1.66. The molecule has 7 nitrogen and oxygen atoms in total. The molecular weight excluding hydrogens is 390 g/mol. The summed E-state index contributed by atoms with van der Waals surface area (Å²) in [5, 5.41) is 10.4. The van der Waals surface area contributed by atoms with Gasteiger partial charge in [-0.3, -0.25) is 9.59 Å². The van der Waals surface area contributed by atoms with Gasteiger partial charge in [0.15, 0.2) is 0 Å². The van der Waals surface area contributed by atoms with E-state index in [2.05, 4.69) is 26.8 Å². The van der Waals surface area contributed by atoms with Crippen molar-refractivity contribution in [3.63, 3.8) is 0 Å². The number of rotatable bonds is 7. The predicted octanol–water partition coefficient (Wildman–Crippen LogP) is 3.70. The van der Waals surface area contributed by atoms with Crippen molar-refractivity contribution < 1.29 is 19.1 Å². The Morgan fingerprint density at radius 2 is 1.86 bits per heavy atom. The Morgan fingerprint density at radius 1 is 1.14 bits per heavy atom. The molecule has 0 saturated heterocycles. The van der Waals surface area contributed by atoms with E-state index in [0.717, 1.165) is 12.8 Å². The SMILES string of the molecule is COC(=O)CNC(=O)c1ccc(NC(=O)NC(c2cccs2)C2CCCC2)cc1.